The number of hydrogen-bond acceptors (Lipinski definition) is 5. The number of rotatable bonds is 8. The third kappa shape index (κ3) is 4.75. The van der Waals surface area contributed by atoms with E-state index >= 15 is 0 Å². The zero-order chi connectivity index (χ0) is 27.3. The molecule has 1 unspecified atom stereocenters. The highest BCUT2D eigenvalue weighted by Crippen LogP contribution is 2.65. The lowest BCUT2D eigenvalue weighted by atomic mass is 10.2. The maximum atomic E-state index is 14.0. The van der Waals surface area contributed by atoms with E-state index in [9.17, 15) is 65.5 Å². The van der Waals surface area contributed by atoms with Crippen LogP contribution >= 0.6 is 10.2 Å². The van der Waals surface area contributed by atoms with E-state index in [-0.39, 0.29) is 5.56 Å². The van der Waals surface area contributed by atoms with Gasteiger partial charge in [-0.05, 0) is 27.3 Å². The molecule has 0 aromatic heterocycles. The van der Waals surface area contributed by atoms with Crippen molar-refractivity contribution in [1.29, 1.82) is 0 Å². The van der Waals surface area contributed by atoms with Crippen LogP contribution in [0.15, 0.2) is 30.3 Å². The number of carbonyl (C=O) groups is 1. The van der Waals surface area contributed by atoms with Crippen molar-refractivity contribution in [2.75, 3.05) is 11.5 Å². The first-order valence-electron chi connectivity index (χ1n) is 9.12. The number of sulfonamides is 2. The molecule has 202 valence electrons. The molecule has 2 rings (SSSR count). The number of carbonyl (C=O) groups excluding carboxylic acids is 1. The average Bonchev–Trinajstić information content (AvgIpc) is 3.05. The van der Waals surface area contributed by atoms with Gasteiger partial charge in [0.05, 0.1) is 0 Å². The fourth-order valence-electron chi connectivity index (χ4n) is 3.12. The van der Waals surface area contributed by atoms with Crippen LogP contribution in [0.25, 0.3) is 0 Å². The SMILES string of the molecule is O=C1CCCS1(CCc1ccccc1)N(S(=O)(=O)C(F)(F)C(F)(F)F)S(=O)(=O)C(F)(F)C(F)(F)F. The Labute approximate surface area is 193 Å². The fourth-order valence-corrected chi connectivity index (χ4v) is 13.5. The second-order valence-electron chi connectivity index (χ2n) is 7.16. The van der Waals surface area contributed by atoms with Gasteiger partial charge in [-0.3, -0.25) is 4.79 Å². The first-order valence-corrected chi connectivity index (χ1v) is 13.9. The number of aryl methyl sites for hydroxylation is 1. The molecule has 35 heavy (non-hydrogen) atoms. The summed E-state index contributed by atoms with van der Waals surface area (Å²) in [5.74, 6) is -2.32. The van der Waals surface area contributed by atoms with E-state index in [2.05, 4.69) is 0 Å². The first kappa shape index (κ1) is 29.6. The molecule has 1 saturated heterocycles. The largest absolute Gasteiger partial charge is 0.471 e. The first-order chi connectivity index (χ1) is 15.6. The lowest BCUT2D eigenvalue weighted by Gasteiger charge is -2.44. The molecule has 0 aliphatic carbocycles. The molecule has 0 N–H and O–H groups in total. The van der Waals surface area contributed by atoms with Gasteiger partial charge in [0.15, 0.2) is 5.12 Å². The number of alkyl halides is 10. The third-order valence-corrected chi connectivity index (χ3v) is 14.9. The van der Waals surface area contributed by atoms with Crippen molar-refractivity contribution in [1.82, 2.24) is 3.12 Å². The summed E-state index contributed by atoms with van der Waals surface area (Å²) < 4.78 is 181. The Morgan fingerprint density at radius 2 is 1.20 bits per heavy atom. The minimum Gasteiger partial charge on any atom is -0.288 e. The monoisotopic (exact) mass is 587 g/mol. The molecular formula is C16H15F10NO5S3. The Balaban J connectivity index is 2.90. The van der Waals surface area contributed by atoms with Gasteiger partial charge in [0, 0.05) is 12.2 Å². The fraction of sp³-hybridized carbons (Fsp3) is 0.562. The molecule has 1 aliphatic rings. The topological polar surface area (TPSA) is 88.6 Å². The summed E-state index contributed by atoms with van der Waals surface area (Å²) in [6.45, 7) is 0. The highest BCUT2D eigenvalue weighted by atomic mass is 32.4. The molecule has 0 spiro atoms. The van der Waals surface area contributed by atoms with Gasteiger partial charge >= 0.3 is 42.9 Å². The van der Waals surface area contributed by atoms with E-state index in [0.717, 1.165) is 0 Å². The van der Waals surface area contributed by atoms with Gasteiger partial charge in [-0.15, -0.1) is 0 Å². The van der Waals surface area contributed by atoms with Crippen molar-refractivity contribution in [3.63, 3.8) is 0 Å². The molecule has 1 fully saturated rings. The number of halogens is 10. The molecule has 0 amide bonds. The summed E-state index contributed by atoms with van der Waals surface area (Å²) in [5.41, 5.74) is 0.138. The van der Waals surface area contributed by atoms with Crippen LogP contribution < -0.4 is 0 Å². The van der Waals surface area contributed by atoms with Gasteiger partial charge in [0.1, 0.15) is 0 Å². The van der Waals surface area contributed by atoms with Crippen LogP contribution in [0.1, 0.15) is 18.4 Å². The van der Waals surface area contributed by atoms with E-state index in [1.807, 2.05) is 0 Å². The van der Waals surface area contributed by atoms with E-state index in [0.29, 0.717) is 0 Å². The predicted molar refractivity (Wildman–Crippen MR) is 103 cm³/mol. The quantitative estimate of drug-likeness (QED) is 0.417. The van der Waals surface area contributed by atoms with Crippen LogP contribution in [0.4, 0.5) is 43.9 Å². The van der Waals surface area contributed by atoms with Crippen molar-refractivity contribution in [3.8, 4) is 0 Å². The summed E-state index contributed by atoms with van der Waals surface area (Å²) >= 11 is 0. The molecule has 0 radical (unpaired) electrons. The zero-order valence-electron chi connectivity index (χ0n) is 16.9. The summed E-state index contributed by atoms with van der Waals surface area (Å²) in [7, 11) is -20.7. The van der Waals surface area contributed by atoms with Crippen LogP contribution in [-0.4, -0.2) is 59.4 Å². The molecule has 1 aliphatic heterocycles. The van der Waals surface area contributed by atoms with Crippen LogP contribution in [0.3, 0.4) is 0 Å². The van der Waals surface area contributed by atoms with Crippen LogP contribution in [0.2, 0.25) is 0 Å². The van der Waals surface area contributed by atoms with Crippen LogP contribution in [0, 0.1) is 0 Å². The zero-order valence-corrected chi connectivity index (χ0v) is 19.4. The van der Waals surface area contributed by atoms with E-state index < -0.39 is 92.1 Å². The summed E-state index contributed by atoms with van der Waals surface area (Å²) in [6, 6.07) is 6.70. The Bertz CT molecular complexity index is 1110. The van der Waals surface area contributed by atoms with Gasteiger partial charge < -0.3 is 0 Å². The van der Waals surface area contributed by atoms with Crippen molar-refractivity contribution >= 4 is 35.4 Å². The highest BCUT2D eigenvalue weighted by Gasteiger charge is 2.79. The maximum Gasteiger partial charge on any atom is 0.471 e. The Morgan fingerprint density at radius 3 is 1.54 bits per heavy atom. The van der Waals surface area contributed by atoms with Gasteiger partial charge in [-0.25, -0.2) is 16.8 Å². The normalized spacial score (nSPS) is 22.9. The minimum absolute atomic E-state index is 0.138. The molecule has 1 atom stereocenters. The third-order valence-electron chi connectivity index (χ3n) is 4.84. The molecule has 1 aromatic rings. The lowest BCUT2D eigenvalue weighted by molar-refractivity contribution is -0.243. The van der Waals surface area contributed by atoms with E-state index in [1.54, 1.807) is 0 Å². The number of benzene rings is 1. The van der Waals surface area contributed by atoms with Gasteiger partial charge in [-0.1, -0.05) is 40.5 Å². The van der Waals surface area contributed by atoms with Crippen molar-refractivity contribution in [2.45, 2.75) is 42.1 Å². The smallest absolute Gasteiger partial charge is 0.288 e. The average molecular weight is 587 g/mol. The van der Waals surface area contributed by atoms with E-state index in [4.69, 9.17) is 0 Å². The second kappa shape index (κ2) is 9.05. The molecule has 1 aromatic carbocycles. The second-order valence-corrected chi connectivity index (χ2v) is 14.8. The summed E-state index contributed by atoms with van der Waals surface area (Å²) in [5, 5.41) is -15.9. The van der Waals surface area contributed by atoms with Gasteiger partial charge in [0.25, 0.3) is 0 Å². The molecule has 6 nitrogen and oxygen atoms in total. The summed E-state index contributed by atoms with van der Waals surface area (Å²) in [6.07, 6.45) is -16.3. The standard InChI is InChI=1S/C16H15F10NO5S3/c17-13(18,19)15(23,24)34(29,30)27(35(31,32)16(25,26)14(20,21)22)33(9-4-7-12(33)28)10-8-11-5-2-1-3-6-11/h1-3,5-6H,4,7-10H2. The van der Waals surface area contributed by atoms with Crippen LogP contribution in [-0.2, 0) is 31.3 Å². The minimum atomic E-state index is -7.92. The Morgan fingerprint density at radius 1 is 0.771 bits per heavy atom. The number of nitrogens with zero attached hydrogens (tertiary/aromatic N) is 1. The van der Waals surface area contributed by atoms with Crippen LogP contribution in [0.5, 0.6) is 0 Å². The Hall–Kier alpha value is -1.60. The van der Waals surface area contributed by atoms with Gasteiger partial charge in [0.2, 0.25) is 0 Å². The molecular weight excluding hydrogens is 572 g/mol. The summed E-state index contributed by atoms with van der Waals surface area (Å²) in [4.78, 5) is 12.6. The molecule has 1 heterocycles. The highest BCUT2D eigenvalue weighted by molar-refractivity contribution is 8.50. The van der Waals surface area contributed by atoms with Crippen molar-refractivity contribution in [2.24, 2.45) is 0 Å². The molecule has 0 saturated carbocycles. The van der Waals surface area contributed by atoms with Gasteiger partial charge in [-0.2, -0.15) is 43.9 Å². The maximum absolute atomic E-state index is 14.0. The van der Waals surface area contributed by atoms with E-state index in [1.165, 1.54) is 30.3 Å². The predicted octanol–water partition coefficient (Wildman–Crippen LogP) is 4.54. The number of hydrogen-bond donors (Lipinski definition) is 0. The molecule has 19 heteroatoms. The Kier molecular flexibility index (Phi) is 7.66. The van der Waals surface area contributed by atoms with Crippen molar-refractivity contribution < 1.29 is 65.5 Å². The lowest BCUT2D eigenvalue weighted by Crippen LogP contribution is -2.60. The molecule has 0 bridgehead atoms. The van der Waals surface area contributed by atoms with Crippen molar-refractivity contribution in [3.05, 3.63) is 35.9 Å².